The highest BCUT2D eigenvalue weighted by Gasteiger charge is 2.26. The molecule has 3 rings (SSSR count). The molecule has 0 fully saturated rings. The number of para-hydroxylation sites is 1. The molecule has 3 aromatic rings. The maximum Gasteiger partial charge on any atom is 0.329 e. The van der Waals surface area contributed by atoms with Gasteiger partial charge < -0.3 is 10.5 Å². The third kappa shape index (κ3) is 4.90. The standard InChI is InChI=1S/C22H18N2O2S/c23-14-17-11-12-20(24)19(13-17)21(27-15-16-7-3-1-4-8-16)22(25)26-18-9-5-2-6-10-18/h1-13,21H,15,24H2. The number of ether oxygens (including phenoxy) is 1. The largest absolute Gasteiger partial charge is 0.425 e. The van der Waals surface area contributed by atoms with Crippen LogP contribution in [0.5, 0.6) is 5.75 Å². The van der Waals surface area contributed by atoms with Gasteiger partial charge in [0.2, 0.25) is 0 Å². The highest BCUT2D eigenvalue weighted by molar-refractivity contribution is 7.99. The van der Waals surface area contributed by atoms with Gasteiger partial charge in [0.15, 0.2) is 0 Å². The number of hydrogen-bond donors (Lipinski definition) is 1. The number of nitriles is 1. The van der Waals surface area contributed by atoms with E-state index in [4.69, 9.17) is 10.5 Å². The molecule has 5 heteroatoms. The summed E-state index contributed by atoms with van der Waals surface area (Å²) in [5, 5.41) is 8.56. The summed E-state index contributed by atoms with van der Waals surface area (Å²) in [6.07, 6.45) is 0. The zero-order valence-electron chi connectivity index (χ0n) is 14.5. The number of benzene rings is 3. The number of nitrogens with two attached hydrogens (primary N) is 1. The van der Waals surface area contributed by atoms with Crippen molar-refractivity contribution in [3.8, 4) is 11.8 Å². The normalized spacial score (nSPS) is 11.4. The van der Waals surface area contributed by atoms with Gasteiger partial charge in [0.25, 0.3) is 0 Å². The first kappa shape index (κ1) is 18.6. The Morgan fingerprint density at radius 3 is 2.37 bits per heavy atom. The highest BCUT2D eigenvalue weighted by atomic mass is 32.2. The number of nitrogen functional groups attached to an aromatic ring is 1. The van der Waals surface area contributed by atoms with E-state index in [1.807, 2.05) is 36.4 Å². The summed E-state index contributed by atoms with van der Waals surface area (Å²) in [5.41, 5.74) is 8.72. The van der Waals surface area contributed by atoms with E-state index in [-0.39, 0.29) is 0 Å². The number of thioether (sulfide) groups is 1. The molecule has 1 unspecified atom stereocenters. The van der Waals surface area contributed by atoms with Crippen molar-refractivity contribution in [1.82, 2.24) is 0 Å². The summed E-state index contributed by atoms with van der Waals surface area (Å²) in [7, 11) is 0. The van der Waals surface area contributed by atoms with Crippen molar-refractivity contribution in [2.24, 2.45) is 0 Å². The first-order valence-electron chi connectivity index (χ1n) is 8.39. The van der Waals surface area contributed by atoms with Gasteiger partial charge in [-0.15, -0.1) is 11.8 Å². The van der Waals surface area contributed by atoms with Crippen LogP contribution in [0.2, 0.25) is 0 Å². The molecule has 0 saturated heterocycles. The van der Waals surface area contributed by atoms with E-state index in [9.17, 15) is 10.1 Å². The number of anilines is 1. The van der Waals surface area contributed by atoms with Crippen molar-refractivity contribution in [1.29, 1.82) is 5.26 Å². The van der Waals surface area contributed by atoms with E-state index in [0.29, 0.717) is 28.3 Å². The van der Waals surface area contributed by atoms with Crippen LogP contribution in [0.4, 0.5) is 5.69 Å². The van der Waals surface area contributed by atoms with Crippen LogP contribution in [0.15, 0.2) is 78.9 Å². The van der Waals surface area contributed by atoms with Crippen LogP contribution in [-0.2, 0) is 10.5 Å². The molecular weight excluding hydrogens is 356 g/mol. The summed E-state index contributed by atoms with van der Waals surface area (Å²) < 4.78 is 5.55. The van der Waals surface area contributed by atoms with Gasteiger partial charge in [-0.3, -0.25) is 4.79 Å². The van der Waals surface area contributed by atoms with Crippen LogP contribution >= 0.6 is 11.8 Å². The molecule has 0 saturated carbocycles. The molecule has 0 bridgehead atoms. The summed E-state index contributed by atoms with van der Waals surface area (Å²) in [6, 6.07) is 25.8. The third-order valence-corrected chi connectivity index (χ3v) is 5.21. The quantitative estimate of drug-likeness (QED) is 0.384. The molecular formula is C22H18N2O2S. The molecule has 3 aromatic carbocycles. The predicted octanol–water partition coefficient (Wildman–Crippen LogP) is 4.72. The second kappa shape index (κ2) is 8.93. The smallest absolute Gasteiger partial charge is 0.329 e. The Morgan fingerprint density at radius 2 is 1.70 bits per heavy atom. The Kier molecular flexibility index (Phi) is 6.14. The lowest BCUT2D eigenvalue weighted by atomic mass is 10.1. The molecule has 134 valence electrons. The zero-order valence-corrected chi connectivity index (χ0v) is 15.4. The molecule has 1 atom stereocenters. The maximum atomic E-state index is 12.9. The number of hydrogen-bond acceptors (Lipinski definition) is 5. The van der Waals surface area contributed by atoms with Gasteiger partial charge >= 0.3 is 5.97 Å². The summed E-state index contributed by atoms with van der Waals surface area (Å²) in [6.45, 7) is 0. The summed E-state index contributed by atoms with van der Waals surface area (Å²) >= 11 is 1.42. The second-order valence-corrected chi connectivity index (χ2v) is 6.96. The van der Waals surface area contributed by atoms with E-state index in [1.165, 1.54) is 11.8 Å². The molecule has 27 heavy (non-hydrogen) atoms. The minimum Gasteiger partial charge on any atom is -0.425 e. The van der Waals surface area contributed by atoms with Gasteiger partial charge in [-0.05, 0) is 35.9 Å². The molecule has 4 nitrogen and oxygen atoms in total. The Balaban J connectivity index is 1.88. The van der Waals surface area contributed by atoms with Crippen molar-refractivity contribution in [2.45, 2.75) is 11.0 Å². The van der Waals surface area contributed by atoms with E-state index in [2.05, 4.69) is 6.07 Å². The van der Waals surface area contributed by atoms with Crippen LogP contribution in [0, 0.1) is 11.3 Å². The van der Waals surface area contributed by atoms with Crippen LogP contribution in [0.3, 0.4) is 0 Å². The lowest BCUT2D eigenvalue weighted by Crippen LogP contribution is -2.18. The Hall–Kier alpha value is -3.23. The lowest BCUT2D eigenvalue weighted by Gasteiger charge is -2.18. The first-order chi connectivity index (χ1) is 13.2. The number of esters is 1. The number of nitrogens with zero attached hydrogens (tertiary/aromatic N) is 1. The average molecular weight is 374 g/mol. The molecule has 0 amide bonds. The van der Waals surface area contributed by atoms with Crippen molar-refractivity contribution >= 4 is 23.4 Å². The fourth-order valence-electron chi connectivity index (χ4n) is 2.57. The number of carbonyl (C=O) groups is 1. The molecule has 0 heterocycles. The first-order valence-corrected chi connectivity index (χ1v) is 9.44. The van der Waals surface area contributed by atoms with E-state index >= 15 is 0 Å². The van der Waals surface area contributed by atoms with Gasteiger partial charge in [0.05, 0.1) is 11.6 Å². The van der Waals surface area contributed by atoms with Gasteiger partial charge in [-0.1, -0.05) is 48.5 Å². The second-order valence-electron chi connectivity index (χ2n) is 5.87. The minimum atomic E-state index is -0.640. The van der Waals surface area contributed by atoms with Crippen LogP contribution in [0.25, 0.3) is 0 Å². The topological polar surface area (TPSA) is 76.1 Å². The highest BCUT2D eigenvalue weighted by Crippen LogP contribution is 2.36. The lowest BCUT2D eigenvalue weighted by molar-refractivity contribution is -0.133. The van der Waals surface area contributed by atoms with Gasteiger partial charge in [-0.25, -0.2) is 0 Å². The zero-order chi connectivity index (χ0) is 19.1. The summed E-state index contributed by atoms with van der Waals surface area (Å²) in [4.78, 5) is 12.9. The molecule has 2 N–H and O–H groups in total. The molecule has 0 aliphatic rings. The van der Waals surface area contributed by atoms with Crippen molar-refractivity contribution < 1.29 is 9.53 Å². The molecule has 0 spiro atoms. The predicted molar refractivity (Wildman–Crippen MR) is 108 cm³/mol. The summed E-state index contributed by atoms with van der Waals surface area (Å²) in [5.74, 6) is 0.678. The van der Waals surface area contributed by atoms with E-state index in [1.54, 1.807) is 42.5 Å². The van der Waals surface area contributed by atoms with Crippen molar-refractivity contribution in [3.05, 3.63) is 95.6 Å². The Morgan fingerprint density at radius 1 is 1.04 bits per heavy atom. The monoisotopic (exact) mass is 374 g/mol. The number of carbonyl (C=O) groups excluding carboxylic acids is 1. The molecule has 0 aliphatic carbocycles. The van der Waals surface area contributed by atoms with Gasteiger partial charge in [0.1, 0.15) is 11.0 Å². The SMILES string of the molecule is N#Cc1ccc(N)c(C(SCc2ccccc2)C(=O)Oc2ccccc2)c1. The van der Waals surface area contributed by atoms with Crippen molar-refractivity contribution in [3.63, 3.8) is 0 Å². The molecule has 0 radical (unpaired) electrons. The van der Waals surface area contributed by atoms with E-state index < -0.39 is 11.2 Å². The maximum absolute atomic E-state index is 12.9. The fraction of sp³-hybridized carbons (Fsp3) is 0.0909. The van der Waals surface area contributed by atoms with Crippen LogP contribution in [-0.4, -0.2) is 5.97 Å². The average Bonchev–Trinajstić information content (AvgIpc) is 2.71. The van der Waals surface area contributed by atoms with Crippen molar-refractivity contribution in [2.75, 3.05) is 5.73 Å². The Labute approximate surface area is 162 Å². The van der Waals surface area contributed by atoms with Gasteiger partial charge in [0, 0.05) is 17.0 Å². The third-order valence-electron chi connectivity index (χ3n) is 3.93. The van der Waals surface area contributed by atoms with E-state index in [0.717, 1.165) is 5.56 Å². The minimum absolute atomic E-state index is 0.413. The van der Waals surface area contributed by atoms with Gasteiger partial charge in [-0.2, -0.15) is 5.26 Å². The van der Waals surface area contributed by atoms with Crippen LogP contribution < -0.4 is 10.5 Å². The fourth-order valence-corrected chi connectivity index (χ4v) is 3.69. The number of rotatable bonds is 6. The Bertz CT molecular complexity index is 953. The molecule has 0 aliphatic heterocycles. The van der Waals surface area contributed by atoms with Crippen LogP contribution in [0.1, 0.15) is 21.9 Å². The molecule has 0 aromatic heterocycles.